The molecule has 1 aliphatic heterocycles. The predicted molar refractivity (Wildman–Crippen MR) is 85.6 cm³/mol. The molecule has 0 aromatic carbocycles. The van der Waals surface area contributed by atoms with Crippen molar-refractivity contribution in [2.75, 3.05) is 6.54 Å². The minimum atomic E-state index is 0.450. The second kappa shape index (κ2) is 5.86. The highest BCUT2D eigenvalue weighted by Crippen LogP contribution is 2.25. The zero-order chi connectivity index (χ0) is 15.6. The van der Waals surface area contributed by atoms with Gasteiger partial charge in [0, 0.05) is 30.5 Å². The molecule has 0 saturated carbocycles. The van der Waals surface area contributed by atoms with Crippen molar-refractivity contribution in [1.82, 2.24) is 24.1 Å². The third-order valence-corrected chi connectivity index (χ3v) is 4.61. The molecule has 0 aliphatic carbocycles. The highest BCUT2D eigenvalue weighted by Gasteiger charge is 2.26. The zero-order valence-corrected chi connectivity index (χ0v) is 12.8. The first-order valence-electron chi connectivity index (χ1n) is 7.90. The van der Waals surface area contributed by atoms with Crippen molar-refractivity contribution in [1.29, 1.82) is 5.26 Å². The van der Waals surface area contributed by atoms with Crippen LogP contribution in [0, 0.1) is 11.3 Å². The van der Waals surface area contributed by atoms with Crippen molar-refractivity contribution in [3.05, 3.63) is 54.4 Å². The maximum atomic E-state index is 9.55. The molecule has 0 N–H and O–H groups in total. The molecule has 0 unspecified atom stereocenters. The average Bonchev–Trinajstić information content (AvgIpc) is 3.28. The van der Waals surface area contributed by atoms with E-state index in [9.17, 15) is 5.26 Å². The van der Waals surface area contributed by atoms with Gasteiger partial charge in [0.05, 0.1) is 17.6 Å². The van der Waals surface area contributed by atoms with Gasteiger partial charge >= 0.3 is 0 Å². The maximum absolute atomic E-state index is 9.55. The van der Waals surface area contributed by atoms with Crippen LogP contribution in [0.4, 0.5) is 0 Å². The van der Waals surface area contributed by atoms with Gasteiger partial charge in [-0.3, -0.25) is 9.58 Å². The average molecular weight is 306 g/mol. The summed E-state index contributed by atoms with van der Waals surface area (Å²) < 4.78 is 3.93. The van der Waals surface area contributed by atoms with Gasteiger partial charge in [0.2, 0.25) is 0 Å². The van der Waals surface area contributed by atoms with Gasteiger partial charge in [0.25, 0.3) is 0 Å². The number of hydrogen-bond donors (Lipinski definition) is 0. The molecule has 6 nitrogen and oxygen atoms in total. The molecule has 1 fully saturated rings. The lowest BCUT2D eigenvalue weighted by Crippen LogP contribution is -2.32. The first-order valence-corrected chi connectivity index (χ1v) is 7.90. The Morgan fingerprint density at radius 3 is 3.13 bits per heavy atom. The lowest BCUT2D eigenvalue weighted by atomic mass is 10.1. The number of aromatic nitrogens is 4. The molecule has 6 heteroatoms. The van der Waals surface area contributed by atoms with Gasteiger partial charge in [-0.05, 0) is 31.5 Å². The molecule has 3 aromatic heterocycles. The van der Waals surface area contributed by atoms with Gasteiger partial charge in [-0.1, -0.05) is 6.07 Å². The van der Waals surface area contributed by atoms with E-state index in [4.69, 9.17) is 0 Å². The fourth-order valence-electron chi connectivity index (χ4n) is 3.50. The van der Waals surface area contributed by atoms with Crippen molar-refractivity contribution in [2.45, 2.75) is 32.0 Å². The summed E-state index contributed by atoms with van der Waals surface area (Å²) in [5.74, 6) is 0. The van der Waals surface area contributed by atoms with Crippen LogP contribution in [0.5, 0.6) is 0 Å². The molecule has 1 atom stereocenters. The number of rotatable bonds is 4. The quantitative estimate of drug-likeness (QED) is 0.740. The summed E-state index contributed by atoms with van der Waals surface area (Å²) in [6.45, 7) is 2.73. The van der Waals surface area contributed by atoms with E-state index in [1.165, 1.54) is 6.42 Å². The first kappa shape index (κ1) is 14.0. The van der Waals surface area contributed by atoms with E-state index < -0.39 is 0 Å². The molecule has 116 valence electrons. The first-order chi connectivity index (χ1) is 11.3. The van der Waals surface area contributed by atoms with E-state index in [-0.39, 0.29) is 0 Å². The topological polar surface area (TPSA) is 62.2 Å². The van der Waals surface area contributed by atoms with E-state index >= 15 is 0 Å². The Bertz CT molecular complexity index is 842. The third kappa shape index (κ3) is 2.60. The van der Waals surface area contributed by atoms with Crippen LogP contribution in [0.25, 0.3) is 5.52 Å². The van der Waals surface area contributed by atoms with Crippen LogP contribution in [0.2, 0.25) is 0 Å². The van der Waals surface area contributed by atoms with Gasteiger partial charge in [0.15, 0.2) is 0 Å². The van der Waals surface area contributed by atoms with Gasteiger partial charge in [-0.15, -0.1) is 0 Å². The highest BCUT2D eigenvalue weighted by atomic mass is 15.3. The van der Waals surface area contributed by atoms with Crippen molar-refractivity contribution in [2.24, 2.45) is 0 Å². The number of hydrogen-bond acceptors (Lipinski definition) is 4. The molecule has 0 bridgehead atoms. The van der Waals surface area contributed by atoms with Crippen LogP contribution in [-0.4, -0.2) is 36.7 Å². The van der Waals surface area contributed by atoms with E-state index in [0.717, 1.165) is 42.7 Å². The number of nitrogens with zero attached hydrogens (tertiary/aromatic N) is 6. The van der Waals surface area contributed by atoms with Crippen molar-refractivity contribution in [3.63, 3.8) is 0 Å². The SMILES string of the molecule is N#Cc1c(CN2CCC[C@H]2Cn2cncn2)cn2ccccc12. The van der Waals surface area contributed by atoms with Gasteiger partial charge in [0.1, 0.15) is 18.7 Å². The number of fused-ring (bicyclic) bond motifs is 1. The standard InChI is InChI=1S/C17H18N6/c18-8-16-14(10-22-6-2-1-5-17(16)22)9-21-7-3-4-15(21)11-23-13-19-12-20-23/h1-2,5-6,10,12-13,15H,3-4,7,9,11H2/t15-/m0/s1. The molecule has 1 aliphatic rings. The largest absolute Gasteiger partial charge is 0.322 e. The second-order valence-electron chi connectivity index (χ2n) is 6.02. The summed E-state index contributed by atoms with van der Waals surface area (Å²) >= 11 is 0. The number of pyridine rings is 1. The number of nitriles is 1. The van der Waals surface area contributed by atoms with Crippen LogP contribution in [0.3, 0.4) is 0 Å². The Hall–Kier alpha value is -2.65. The summed E-state index contributed by atoms with van der Waals surface area (Å²) in [7, 11) is 0. The molecule has 4 heterocycles. The smallest absolute Gasteiger partial charge is 0.137 e. The maximum Gasteiger partial charge on any atom is 0.137 e. The molecule has 0 radical (unpaired) electrons. The van der Waals surface area contributed by atoms with Gasteiger partial charge < -0.3 is 4.40 Å². The number of likely N-dealkylation sites (tertiary alicyclic amines) is 1. The van der Waals surface area contributed by atoms with Crippen LogP contribution in [0.15, 0.2) is 43.2 Å². The molecule has 0 spiro atoms. The Kier molecular flexibility index (Phi) is 3.56. The van der Waals surface area contributed by atoms with Crippen molar-refractivity contribution in [3.8, 4) is 6.07 Å². The molecule has 23 heavy (non-hydrogen) atoms. The van der Waals surface area contributed by atoms with Gasteiger partial charge in [-0.2, -0.15) is 10.4 Å². The van der Waals surface area contributed by atoms with E-state index in [2.05, 4.69) is 27.2 Å². The van der Waals surface area contributed by atoms with E-state index in [0.29, 0.717) is 6.04 Å². The Balaban J connectivity index is 1.58. The summed E-state index contributed by atoms with van der Waals surface area (Å²) in [5.41, 5.74) is 2.87. The normalized spacial score (nSPS) is 18.5. The molecular weight excluding hydrogens is 288 g/mol. The Labute approximate surface area is 134 Å². The molecule has 0 amide bonds. The third-order valence-electron chi connectivity index (χ3n) is 4.61. The van der Waals surface area contributed by atoms with Crippen molar-refractivity contribution >= 4 is 5.52 Å². The minimum absolute atomic E-state index is 0.450. The predicted octanol–water partition coefficient (Wildman–Crippen LogP) is 2.07. The lowest BCUT2D eigenvalue weighted by molar-refractivity contribution is 0.219. The van der Waals surface area contributed by atoms with Crippen molar-refractivity contribution < 1.29 is 0 Å². The van der Waals surface area contributed by atoms with E-state index in [1.54, 1.807) is 12.7 Å². The van der Waals surface area contributed by atoms with Crippen LogP contribution >= 0.6 is 0 Å². The summed E-state index contributed by atoms with van der Waals surface area (Å²) in [6, 6.07) is 8.79. The molecule has 1 saturated heterocycles. The lowest BCUT2D eigenvalue weighted by Gasteiger charge is -2.23. The van der Waals surface area contributed by atoms with Crippen LogP contribution < -0.4 is 0 Å². The summed E-state index contributed by atoms with van der Waals surface area (Å²) in [6.07, 6.45) is 9.77. The fraction of sp³-hybridized carbons (Fsp3) is 0.353. The monoisotopic (exact) mass is 306 g/mol. The minimum Gasteiger partial charge on any atom is -0.322 e. The molecule has 3 aromatic rings. The van der Waals surface area contributed by atoms with Crippen LogP contribution in [-0.2, 0) is 13.1 Å². The summed E-state index contributed by atoms with van der Waals surface area (Å²) in [5, 5.41) is 13.8. The molecular formula is C17H18N6. The van der Waals surface area contributed by atoms with E-state index in [1.807, 2.05) is 33.5 Å². The van der Waals surface area contributed by atoms with Crippen LogP contribution in [0.1, 0.15) is 24.0 Å². The zero-order valence-electron chi connectivity index (χ0n) is 12.8. The Morgan fingerprint density at radius 2 is 2.30 bits per heavy atom. The molecule has 4 rings (SSSR count). The summed E-state index contributed by atoms with van der Waals surface area (Å²) in [4.78, 5) is 6.47. The fourth-order valence-corrected chi connectivity index (χ4v) is 3.50. The Morgan fingerprint density at radius 1 is 1.35 bits per heavy atom. The second-order valence-corrected chi connectivity index (χ2v) is 6.02. The highest BCUT2D eigenvalue weighted by molar-refractivity contribution is 5.65. The van der Waals surface area contributed by atoms with Gasteiger partial charge in [-0.25, -0.2) is 4.98 Å².